The Hall–Kier alpha value is -2.24. The van der Waals surface area contributed by atoms with Crippen LogP contribution in [0.25, 0.3) is 11.0 Å². The van der Waals surface area contributed by atoms with E-state index in [1.165, 1.54) is 0 Å². The standard InChI is InChI=1S/C13H14N2O4/c1-2-12-14-8-5-10-11(19-7-18-10)6-9(8)15(12)4-3-13(16)17/h5-6H,2-4,7H2,1H3,(H,16,17). The van der Waals surface area contributed by atoms with Crippen molar-refractivity contribution in [3.05, 3.63) is 18.0 Å². The van der Waals surface area contributed by atoms with Gasteiger partial charge in [-0.1, -0.05) is 6.92 Å². The zero-order valence-corrected chi connectivity index (χ0v) is 10.5. The summed E-state index contributed by atoms with van der Waals surface area (Å²) in [6, 6.07) is 3.71. The lowest BCUT2D eigenvalue weighted by atomic mass is 10.2. The van der Waals surface area contributed by atoms with Gasteiger partial charge in [0.15, 0.2) is 11.5 Å². The zero-order chi connectivity index (χ0) is 13.4. The first-order valence-corrected chi connectivity index (χ1v) is 6.19. The zero-order valence-electron chi connectivity index (χ0n) is 10.5. The van der Waals surface area contributed by atoms with E-state index in [0.717, 1.165) is 23.3 Å². The molecule has 0 atom stereocenters. The fraction of sp³-hybridized carbons (Fsp3) is 0.385. The largest absolute Gasteiger partial charge is 0.481 e. The van der Waals surface area contributed by atoms with Gasteiger partial charge in [-0.2, -0.15) is 0 Å². The molecule has 0 radical (unpaired) electrons. The van der Waals surface area contributed by atoms with Crippen molar-refractivity contribution in [2.75, 3.05) is 6.79 Å². The normalized spacial score (nSPS) is 13.1. The van der Waals surface area contributed by atoms with Gasteiger partial charge in [-0.25, -0.2) is 4.98 Å². The average Bonchev–Trinajstić information content (AvgIpc) is 2.96. The van der Waals surface area contributed by atoms with Gasteiger partial charge < -0.3 is 19.1 Å². The summed E-state index contributed by atoms with van der Waals surface area (Å²) in [5.41, 5.74) is 1.70. The maximum Gasteiger partial charge on any atom is 0.305 e. The number of aliphatic carboxylic acids is 1. The summed E-state index contributed by atoms with van der Waals surface area (Å²) >= 11 is 0. The fourth-order valence-electron chi connectivity index (χ4n) is 2.29. The van der Waals surface area contributed by atoms with Crippen LogP contribution in [0.2, 0.25) is 0 Å². The van der Waals surface area contributed by atoms with Crippen LogP contribution in [0.5, 0.6) is 11.5 Å². The summed E-state index contributed by atoms with van der Waals surface area (Å²) in [4.78, 5) is 15.3. The molecule has 100 valence electrons. The minimum absolute atomic E-state index is 0.0763. The number of ether oxygens (including phenoxy) is 2. The van der Waals surface area contributed by atoms with E-state index < -0.39 is 5.97 Å². The number of imidazole rings is 1. The van der Waals surface area contributed by atoms with Gasteiger partial charge in [-0.05, 0) is 0 Å². The molecule has 1 aliphatic rings. The van der Waals surface area contributed by atoms with Crippen molar-refractivity contribution in [1.29, 1.82) is 0 Å². The summed E-state index contributed by atoms with van der Waals surface area (Å²) in [5.74, 6) is 1.44. The number of benzene rings is 1. The molecule has 2 aromatic rings. The summed E-state index contributed by atoms with van der Waals surface area (Å²) < 4.78 is 12.6. The highest BCUT2D eigenvalue weighted by molar-refractivity contribution is 5.81. The second-order valence-electron chi connectivity index (χ2n) is 4.37. The van der Waals surface area contributed by atoms with Crippen LogP contribution in [0.15, 0.2) is 12.1 Å². The lowest BCUT2D eigenvalue weighted by Gasteiger charge is -2.06. The number of aromatic nitrogens is 2. The maximum absolute atomic E-state index is 10.7. The number of nitrogens with zero attached hydrogens (tertiary/aromatic N) is 2. The van der Waals surface area contributed by atoms with Crippen molar-refractivity contribution >= 4 is 17.0 Å². The number of hydrogen-bond acceptors (Lipinski definition) is 4. The highest BCUT2D eigenvalue weighted by atomic mass is 16.7. The van der Waals surface area contributed by atoms with Crippen LogP contribution in [-0.2, 0) is 17.8 Å². The average molecular weight is 262 g/mol. The Labute approximate surface area is 109 Å². The molecule has 19 heavy (non-hydrogen) atoms. The number of carboxylic acids is 1. The molecule has 0 fully saturated rings. The van der Waals surface area contributed by atoms with E-state index >= 15 is 0 Å². The maximum atomic E-state index is 10.7. The van der Waals surface area contributed by atoms with Gasteiger partial charge in [0, 0.05) is 25.1 Å². The van der Waals surface area contributed by atoms with E-state index in [1.807, 2.05) is 23.6 Å². The number of rotatable bonds is 4. The smallest absolute Gasteiger partial charge is 0.305 e. The Morgan fingerprint density at radius 2 is 2.16 bits per heavy atom. The van der Waals surface area contributed by atoms with Crippen molar-refractivity contribution in [1.82, 2.24) is 9.55 Å². The van der Waals surface area contributed by atoms with Crippen LogP contribution >= 0.6 is 0 Å². The fourth-order valence-corrected chi connectivity index (χ4v) is 2.29. The summed E-state index contributed by atoms with van der Waals surface area (Å²) in [5, 5.41) is 8.82. The van der Waals surface area contributed by atoms with Crippen molar-refractivity contribution < 1.29 is 19.4 Å². The number of carbonyl (C=O) groups is 1. The molecule has 6 heteroatoms. The number of aryl methyl sites for hydroxylation is 2. The highest BCUT2D eigenvalue weighted by Gasteiger charge is 2.18. The van der Waals surface area contributed by atoms with Crippen LogP contribution < -0.4 is 9.47 Å². The molecule has 0 aliphatic carbocycles. The molecule has 2 heterocycles. The van der Waals surface area contributed by atoms with Gasteiger partial charge in [0.05, 0.1) is 17.5 Å². The van der Waals surface area contributed by atoms with Crippen molar-refractivity contribution in [3.63, 3.8) is 0 Å². The van der Waals surface area contributed by atoms with E-state index in [0.29, 0.717) is 18.0 Å². The quantitative estimate of drug-likeness (QED) is 0.909. The molecular weight excluding hydrogens is 248 g/mol. The predicted octanol–water partition coefficient (Wildman–Crippen LogP) is 1.80. The van der Waals surface area contributed by atoms with Crippen LogP contribution in [0.4, 0.5) is 0 Å². The molecule has 0 spiro atoms. The van der Waals surface area contributed by atoms with Crippen LogP contribution in [0.1, 0.15) is 19.2 Å². The van der Waals surface area contributed by atoms with Gasteiger partial charge in [-0.3, -0.25) is 4.79 Å². The van der Waals surface area contributed by atoms with E-state index in [2.05, 4.69) is 4.98 Å². The monoisotopic (exact) mass is 262 g/mol. The molecule has 1 aromatic carbocycles. The third-order valence-corrected chi connectivity index (χ3v) is 3.19. The van der Waals surface area contributed by atoms with Crippen LogP contribution in [0.3, 0.4) is 0 Å². The predicted molar refractivity (Wildman–Crippen MR) is 67.5 cm³/mol. The Morgan fingerprint density at radius 3 is 2.84 bits per heavy atom. The molecule has 0 amide bonds. The summed E-state index contributed by atoms with van der Waals surface area (Å²) in [7, 11) is 0. The molecule has 1 aliphatic heterocycles. The lowest BCUT2D eigenvalue weighted by molar-refractivity contribution is -0.137. The van der Waals surface area contributed by atoms with E-state index in [1.54, 1.807) is 0 Å². The Kier molecular flexibility index (Phi) is 2.77. The van der Waals surface area contributed by atoms with E-state index in [-0.39, 0.29) is 13.2 Å². The Balaban J connectivity index is 2.09. The van der Waals surface area contributed by atoms with Crippen molar-refractivity contribution in [2.45, 2.75) is 26.3 Å². The molecule has 1 aromatic heterocycles. The van der Waals surface area contributed by atoms with Gasteiger partial charge in [-0.15, -0.1) is 0 Å². The van der Waals surface area contributed by atoms with Gasteiger partial charge >= 0.3 is 5.97 Å². The van der Waals surface area contributed by atoms with Gasteiger partial charge in [0.2, 0.25) is 6.79 Å². The second kappa shape index (κ2) is 4.46. The SMILES string of the molecule is CCc1nc2cc3c(cc2n1CCC(=O)O)OCO3. The number of hydrogen-bond donors (Lipinski definition) is 1. The molecule has 0 saturated carbocycles. The molecule has 6 nitrogen and oxygen atoms in total. The first-order valence-electron chi connectivity index (χ1n) is 6.19. The third-order valence-electron chi connectivity index (χ3n) is 3.19. The van der Waals surface area contributed by atoms with Crippen molar-refractivity contribution in [2.24, 2.45) is 0 Å². The molecular formula is C13H14N2O4. The number of fused-ring (bicyclic) bond motifs is 2. The molecule has 3 rings (SSSR count). The van der Waals surface area contributed by atoms with Crippen LogP contribution in [-0.4, -0.2) is 27.4 Å². The minimum atomic E-state index is -0.815. The first-order chi connectivity index (χ1) is 9.19. The Morgan fingerprint density at radius 1 is 1.42 bits per heavy atom. The van der Waals surface area contributed by atoms with Crippen molar-refractivity contribution in [3.8, 4) is 11.5 Å². The molecule has 1 N–H and O–H groups in total. The van der Waals surface area contributed by atoms with E-state index in [9.17, 15) is 4.79 Å². The molecule has 0 unspecified atom stereocenters. The number of carboxylic acid groups (broad SMARTS) is 1. The highest BCUT2D eigenvalue weighted by Crippen LogP contribution is 2.36. The molecule has 0 saturated heterocycles. The summed E-state index contributed by atoms with van der Waals surface area (Å²) in [6.45, 7) is 2.63. The second-order valence-corrected chi connectivity index (χ2v) is 4.37. The third kappa shape index (κ3) is 1.99. The minimum Gasteiger partial charge on any atom is -0.481 e. The topological polar surface area (TPSA) is 73.6 Å². The first kappa shape index (κ1) is 11.8. The lowest BCUT2D eigenvalue weighted by Crippen LogP contribution is -2.07. The Bertz CT molecular complexity index is 648. The summed E-state index contributed by atoms with van der Waals surface area (Å²) in [6.07, 6.45) is 0.827. The van der Waals surface area contributed by atoms with Crippen LogP contribution in [0, 0.1) is 0 Å². The van der Waals surface area contributed by atoms with Gasteiger partial charge in [0.25, 0.3) is 0 Å². The van der Waals surface area contributed by atoms with Gasteiger partial charge in [0.1, 0.15) is 5.82 Å². The van der Waals surface area contributed by atoms with E-state index in [4.69, 9.17) is 14.6 Å². The molecule has 0 bridgehead atoms.